The van der Waals surface area contributed by atoms with Crippen LogP contribution in [0.1, 0.15) is 66.1 Å². The third-order valence-corrected chi connectivity index (χ3v) is 10.1. The third kappa shape index (κ3) is 4.43. The van der Waals surface area contributed by atoms with Crippen LogP contribution in [0.5, 0.6) is 5.88 Å². The van der Waals surface area contributed by atoms with E-state index in [1.54, 1.807) is 0 Å². The fraction of sp³-hybridized carbons (Fsp3) is 0.394. The number of halogens is 1. The topological polar surface area (TPSA) is 61.6 Å². The predicted molar refractivity (Wildman–Crippen MR) is 159 cm³/mol. The lowest BCUT2D eigenvalue weighted by Crippen LogP contribution is -2.48. The van der Waals surface area contributed by atoms with Crippen molar-refractivity contribution in [2.75, 3.05) is 31.1 Å². The summed E-state index contributed by atoms with van der Waals surface area (Å²) in [5.74, 6) is 0.326. The number of carbonyl (C=O) groups excluding carboxylic acids is 1. The molecule has 3 aliphatic rings. The van der Waals surface area contributed by atoms with E-state index in [1.165, 1.54) is 24.1 Å². The van der Waals surface area contributed by atoms with Gasteiger partial charge < -0.3 is 19.5 Å². The number of rotatable bonds is 3. The number of likely N-dealkylation sites (tertiary alicyclic amines) is 1. The molecular formula is C33H35ClN4O2. The zero-order valence-electron chi connectivity index (χ0n) is 22.7. The molecule has 6 nitrogen and oxygen atoms in total. The molecular weight excluding hydrogens is 520 g/mol. The van der Waals surface area contributed by atoms with Crippen molar-refractivity contribution in [2.45, 2.75) is 51.0 Å². The van der Waals surface area contributed by atoms with Gasteiger partial charge in [0.15, 0.2) is 0 Å². The normalized spacial score (nSPS) is 20.6. The number of piperidine rings is 2. The molecule has 2 aromatic heterocycles. The van der Waals surface area contributed by atoms with Crippen molar-refractivity contribution in [2.24, 2.45) is 5.41 Å². The van der Waals surface area contributed by atoms with Gasteiger partial charge >= 0.3 is 0 Å². The van der Waals surface area contributed by atoms with Crippen molar-refractivity contribution >= 4 is 34.0 Å². The number of anilines is 1. The summed E-state index contributed by atoms with van der Waals surface area (Å²) in [7, 11) is 0. The van der Waals surface area contributed by atoms with Crippen LogP contribution in [0, 0.1) is 5.41 Å². The minimum absolute atomic E-state index is 0.0184. The van der Waals surface area contributed by atoms with Gasteiger partial charge in [-0.15, -0.1) is 0 Å². The lowest BCUT2D eigenvalue weighted by molar-refractivity contribution is 0.0515. The highest BCUT2D eigenvalue weighted by molar-refractivity contribution is 6.36. The van der Waals surface area contributed by atoms with E-state index in [0.29, 0.717) is 15.8 Å². The van der Waals surface area contributed by atoms with Gasteiger partial charge in [0.1, 0.15) is 0 Å². The molecule has 4 heterocycles. The summed E-state index contributed by atoms with van der Waals surface area (Å²) < 4.78 is 1.95. The second kappa shape index (κ2) is 10.2. The van der Waals surface area contributed by atoms with Gasteiger partial charge in [-0.2, -0.15) is 0 Å². The summed E-state index contributed by atoms with van der Waals surface area (Å²) in [4.78, 5) is 22.4. The van der Waals surface area contributed by atoms with E-state index in [-0.39, 0.29) is 17.8 Å². The number of nitrogens with zero attached hydrogens (tertiary/aromatic N) is 4. The molecule has 1 atom stereocenters. The maximum Gasteiger partial charge on any atom is 0.253 e. The number of aryl methyl sites for hydroxylation is 1. The molecule has 0 saturated carbocycles. The minimum Gasteiger partial charge on any atom is -0.494 e. The molecule has 7 rings (SSSR count). The fourth-order valence-corrected chi connectivity index (χ4v) is 7.59. The molecule has 0 radical (unpaired) electrons. The van der Waals surface area contributed by atoms with Crippen LogP contribution >= 0.6 is 11.6 Å². The van der Waals surface area contributed by atoms with Gasteiger partial charge in [-0.1, -0.05) is 29.8 Å². The molecule has 40 heavy (non-hydrogen) atoms. The summed E-state index contributed by atoms with van der Waals surface area (Å²) in [6.07, 6.45) is 13.2. The van der Waals surface area contributed by atoms with Gasteiger partial charge in [-0.3, -0.25) is 9.78 Å². The largest absolute Gasteiger partial charge is 0.494 e. The van der Waals surface area contributed by atoms with Gasteiger partial charge in [0.05, 0.1) is 16.5 Å². The Morgan fingerprint density at radius 1 is 0.975 bits per heavy atom. The van der Waals surface area contributed by atoms with Crippen LogP contribution in [0.25, 0.3) is 10.8 Å². The Labute approximate surface area is 240 Å². The Bertz CT molecular complexity index is 1550. The second-order valence-corrected chi connectivity index (χ2v) is 12.3. The minimum atomic E-state index is -0.0184. The maximum absolute atomic E-state index is 13.7. The number of hydrogen-bond acceptors (Lipinski definition) is 4. The van der Waals surface area contributed by atoms with E-state index in [4.69, 9.17) is 11.6 Å². The smallest absolute Gasteiger partial charge is 0.253 e. The van der Waals surface area contributed by atoms with Crippen LogP contribution < -0.4 is 4.90 Å². The number of pyridine rings is 1. The van der Waals surface area contributed by atoms with E-state index >= 15 is 0 Å². The Hall–Kier alpha value is -3.51. The summed E-state index contributed by atoms with van der Waals surface area (Å²) >= 11 is 6.43. The lowest BCUT2D eigenvalue weighted by atomic mass is 9.71. The van der Waals surface area contributed by atoms with E-state index in [9.17, 15) is 9.90 Å². The molecule has 2 fully saturated rings. The van der Waals surface area contributed by atoms with Crippen LogP contribution in [0.4, 0.5) is 5.69 Å². The van der Waals surface area contributed by atoms with Crippen molar-refractivity contribution in [1.82, 2.24) is 14.5 Å². The van der Waals surface area contributed by atoms with Crippen molar-refractivity contribution in [1.29, 1.82) is 0 Å². The highest BCUT2D eigenvalue weighted by Gasteiger charge is 2.39. The fourth-order valence-electron chi connectivity index (χ4n) is 7.32. The average Bonchev–Trinajstić information content (AvgIpc) is 3.34. The number of carbonyl (C=O) groups is 1. The average molecular weight is 555 g/mol. The van der Waals surface area contributed by atoms with Gasteiger partial charge in [0.25, 0.3) is 5.91 Å². The van der Waals surface area contributed by atoms with E-state index in [0.717, 1.165) is 74.8 Å². The number of hydrogen-bond donors (Lipinski definition) is 1. The third-order valence-electron chi connectivity index (χ3n) is 9.77. The van der Waals surface area contributed by atoms with E-state index in [2.05, 4.69) is 39.0 Å². The lowest BCUT2D eigenvalue weighted by Gasteiger charge is -2.47. The van der Waals surface area contributed by atoms with Crippen molar-refractivity contribution < 1.29 is 9.90 Å². The zero-order valence-corrected chi connectivity index (χ0v) is 23.5. The first-order chi connectivity index (χ1) is 19.5. The summed E-state index contributed by atoms with van der Waals surface area (Å²) in [5.41, 5.74) is 4.75. The number of benzene rings is 2. The zero-order chi connectivity index (χ0) is 27.3. The number of amides is 1. The van der Waals surface area contributed by atoms with Crippen molar-refractivity contribution in [3.05, 3.63) is 88.8 Å². The number of aromatic hydroxyl groups is 1. The van der Waals surface area contributed by atoms with Crippen molar-refractivity contribution in [3.63, 3.8) is 0 Å². The Kier molecular flexibility index (Phi) is 6.46. The van der Waals surface area contributed by atoms with Crippen LogP contribution in [0.15, 0.2) is 67.1 Å². The quantitative estimate of drug-likeness (QED) is 0.301. The molecule has 1 spiro atoms. The van der Waals surface area contributed by atoms with Crippen LogP contribution in [-0.2, 0) is 6.42 Å². The molecule has 1 amide bonds. The molecule has 0 bridgehead atoms. The monoisotopic (exact) mass is 554 g/mol. The SMILES string of the molecule is O=C(c1ccc2c(c1)[C@H](n1cc3cccc(Cl)c3c1O)CCC2)N1CCC2(CC1)CCN(c1ccncc1)CC2. The summed E-state index contributed by atoms with van der Waals surface area (Å²) in [6.45, 7) is 3.76. The van der Waals surface area contributed by atoms with Gasteiger partial charge in [-0.05, 0) is 91.8 Å². The Morgan fingerprint density at radius 2 is 1.73 bits per heavy atom. The first kappa shape index (κ1) is 25.5. The number of aromatic nitrogens is 2. The molecule has 1 N–H and O–H groups in total. The molecule has 1 aliphatic carbocycles. The molecule has 2 aromatic carbocycles. The molecule has 0 unspecified atom stereocenters. The van der Waals surface area contributed by atoms with Gasteiger partial charge in [0, 0.05) is 61.4 Å². The predicted octanol–water partition coefficient (Wildman–Crippen LogP) is 6.84. The molecule has 2 saturated heterocycles. The highest BCUT2D eigenvalue weighted by atomic mass is 35.5. The standard InChI is InChI=1S/C33H35ClN4O2/c34-28-5-1-4-25-22-38(32(40)30(25)28)29-6-2-3-23-7-8-24(21-27(23)29)31(39)37-19-13-33(14-20-37)11-17-36(18-12-33)26-9-15-35-16-10-26/h1,4-5,7-10,15-16,21-22,29,40H,2-3,6,11-14,17-20H2/t29-/m1/s1. The maximum atomic E-state index is 13.7. The number of fused-ring (bicyclic) bond motifs is 2. The first-order valence-corrected chi connectivity index (χ1v) is 14.9. The van der Waals surface area contributed by atoms with Crippen LogP contribution in [0.2, 0.25) is 5.02 Å². The Morgan fingerprint density at radius 3 is 2.48 bits per heavy atom. The van der Waals surface area contributed by atoms with Gasteiger partial charge in [0.2, 0.25) is 5.88 Å². The first-order valence-electron chi connectivity index (χ1n) is 14.6. The molecule has 206 valence electrons. The van der Waals surface area contributed by atoms with Crippen LogP contribution in [-0.4, -0.2) is 51.6 Å². The van der Waals surface area contributed by atoms with E-state index in [1.807, 2.05) is 47.4 Å². The molecule has 7 heteroatoms. The van der Waals surface area contributed by atoms with Crippen molar-refractivity contribution in [3.8, 4) is 5.88 Å². The second-order valence-electron chi connectivity index (χ2n) is 11.9. The summed E-state index contributed by atoms with van der Waals surface area (Å²) in [5, 5.41) is 13.3. The van der Waals surface area contributed by atoms with E-state index < -0.39 is 0 Å². The molecule has 4 aromatic rings. The van der Waals surface area contributed by atoms with Crippen LogP contribution in [0.3, 0.4) is 0 Å². The van der Waals surface area contributed by atoms with Gasteiger partial charge in [-0.25, -0.2) is 0 Å². The Balaban J connectivity index is 1.07. The molecule has 2 aliphatic heterocycles. The summed E-state index contributed by atoms with van der Waals surface area (Å²) in [6, 6.07) is 16.1. The highest BCUT2D eigenvalue weighted by Crippen LogP contribution is 2.43.